The van der Waals surface area contributed by atoms with Gasteiger partial charge in [0.05, 0.1) is 0 Å². The summed E-state index contributed by atoms with van der Waals surface area (Å²) in [6.07, 6.45) is 2.52. The quantitative estimate of drug-likeness (QED) is 0.625. The third kappa shape index (κ3) is 4.06. The highest BCUT2D eigenvalue weighted by atomic mass is 16.5. The molecule has 0 atom stereocenters. The van der Waals surface area contributed by atoms with Gasteiger partial charge in [0.25, 0.3) is 5.91 Å². The monoisotopic (exact) mass is 335 g/mol. The van der Waals surface area contributed by atoms with Crippen molar-refractivity contribution < 1.29 is 14.3 Å². The largest absolute Gasteiger partial charge is 0.444 e. The zero-order valence-corrected chi connectivity index (χ0v) is 13.4. The fourth-order valence-electron chi connectivity index (χ4n) is 2.41. The van der Waals surface area contributed by atoms with Gasteiger partial charge >= 0.3 is 6.09 Å². The van der Waals surface area contributed by atoms with E-state index in [9.17, 15) is 9.59 Å². The lowest BCUT2D eigenvalue weighted by Gasteiger charge is -2.08. The number of nitrogens with two attached hydrogens (primary N) is 1. The van der Waals surface area contributed by atoms with Crippen LogP contribution in [0.2, 0.25) is 0 Å². The van der Waals surface area contributed by atoms with E-state index in [1.807, 2.05) is 54.6 Å². The molecule has 0 fully saturated rings. The zero-order valence-electron chi connectivity index (χ0n) is 13.4. The number of ether oxygens (including phenoxy) is 1. The molecule has 3 rings (SSSR count). The Morgan fingerprint density at radius 1 is 1.08 bits per heavy atom. The number of hydrogen-bond acceptors (Lipinski definition) is 3. The van der Waals surface area contributed by atoms with Crippen LogP contribution < -0.4 is 11.1 Å². The van der Waals surface area contributed by atoms with Crippen LogP contribution in [0.4, 0.5) is 4.79 Å². The van der Waals surface area contributed by atoms with E-state index in [1.165, 1.54) is 6.08 Å². The minimum Gasteiger partial charge on any atom is -0.444 e. The van der Waals surface area contributed by atoms with Crippen molar-refractivity contribution in [3.05, 3.63) is 77.6 Å². The van der Waals surface area contributed by atoms with Gasteiger partial charge < -0.3 is 15.5 Å². The number of H-pyrrole nitrogens is 1. The Labute approximate surface area is 144 Å². The van der Waals surface area contributed by atoms with Crippen molar-refractivity contribution in [3.8, 4) is 0 Å². The summed E-state index contributed by atoms with van der Waals surface area (Å²) in [4.78, 5) is 26.7. The van der Waals surface area contributed by atoms with E-state index >= 15 is 0 Å². The van der Waals surface area contributed by atoms with Crippen molar-refractivity contribution >= 4 is 29.0 Å². The van der Waals surface area contributed by atoms with Gasteiger partial charge in [0.15, 0.2) is 0 Å². The van der Waals surface area contributed by atoms with Crippen molar-refractivity contribution in [2.45, 2.75) is 6.61 Å². The van der Waals surface area contributed by atoms with Crippen molar-refractivity contribution in [2.24, 2.45) is 5.73 Å². The molecule has 25 heavy (non-hydrogen) atoms. The second kappa shape index (κ2) is 7.35. The molecule has 6 heteroatoms. The molecule has 0 spiro atoms. The maximum atomic E-state index is 11.9. The summed E-state index contributed by atoms with van der Waals surface area (Å²) in [5.74, 6) is -0.748. The molecule has 4 N–H and O–H groups in total. The van der Waals surface area contributed by atoms with Crippen LogP contribution in [0.1, 0.15) is 11.1 Å². The number of aromatic amines is 1. The maximum absolute atomic E-state index is 11.9. The number of rotatable bonds is 5. The molecule has 0 saturated carbocycles. The van der Waals surface area contributed by atoms with Crippen molar-refractivity contribution in [1.82, 2.24) is 10.3 Å². The van der Waals surface area contributed by atoms with E-state index in [0.29, 0.717) is 0 Å². The normalized spacial score (nSPS) is 11.3. The van der Waals surface area contributed by atoms with Crippen LogP contribution >= 0.6 is 0 Å². The van der Waals surface area contributed by atoms with Crippen molar-refractivity contribution in [2.75, 3.05) is 0 Å². The van der Waals surface area contributed by atoms with Crippen LogP contribution in [0.5, 0.6) is 0 Å². The van der Waals surface area contributed by atoms with Gasteiger partial charge in [0.2, 0.25) is 0 Å². The van der Waals surface area contributed by atoms with Gasteiger partial charge in [-0.2, -0.15) is 0 Å². The summed E-state index contributed by atoms with van der Waals surface area (Å²) in [5.41, 5.74) is 7.84. The molecular formula is C19H17N3O3. The Morgan fingerprint density at radius 2 is 1.80 bits per heavy atom. The Kier molecular flexibility index (Phi) is 4.80. The van der Waals surface area contributed by atoms with Gasteiger partial charge in [0, 0.05) is 22.7 Å². The number of hydrogen-bond donors (Lipinski definition) is 3. The fourth-order valence-corrected chi connectivity index (χ4v) is 2.41. The number of aromatic nitrogens is 1. The first kappa shape index (κ1) is 16.3. The molecule has 1 aromatic heterocycles. The van der Waals surface area contributed by atoms with Crippen LogP contribution in [0.25, 0.3) is 17.0 Å². The molecule has 3 aromatic rings. The second-order valence-electron chi connectivity index (χ2n) is 5.40. The van der Waals surface area contributed by atoms with E-state index in [-0.39, 0.29) is 12.3 Å². The van der Waals surface area contributed by atoms with Gasteiger partial charge in [0.1, 0.15) is 12.3 Å². The average molecular weight is 335 g/mol. The number of carbonyl (C=O) groups is 2. The number of amides is 2. The topological polar surface area (TPSA) is 97.2 Å². The van der Waals surface area contributed by atoms with Gasteiger partial charge in [-0.3, -0.25) is 10.1 Å². The predicted molar refractivity (Wildman–Crippen MR) is 95.2 cm³/mol. The molecule has 1 heterocycles. The highest BCUT2D eigenvalue weighted by Crippen LogP contribution is 2.19. The number of alkyl carbamates (subject to hydrolysis) is 1. The molecule has 2 aromatic carbocycles. The number of nitrogens with one attached hydrogen (secondary N) is 2. The minimum absolute atomic E-state index is 0.0391. The molecule has 0 aliphatic carbocycles. The molecule has 0 unspecified atom stereocenters. The first-order valence-corrected chi connectivity index (χ1v) is 7.69. The average Bonchev–Trinajstić information content (AvgIpc) is 3.03. The predicted octanol–water partition coefficient (Wildman–Crippen LogP) is 2.92. The summed E-state index contributed by atoms with van der Waals surface area (Å²) in [5, 5.41) is 3.32. The van der Waals surface area contributed by atoms with E-state index in [4.69, 9.17) is 10.5 Å². The van der Waals surface area contributed by atoms with Crippen LogP contribution in [-0.4, -0.2) is 17.0 Å². The Hall–Kier alpha value is -3.54. The summed E-state index contributed by atoms with van der Waals surface area (Å²) in [6.45, 7) is 0.103. The summed E-state index contributed by atoms with van der Waals surface area (Å²) < 4.78 is 5.11. The molecule has 0 aliphatic rings. The first-order chi connectivity index (χ1) is 12.1. The number of fused-ring (bicyclic) bond motifs is 1. The number of para-hydroxylation sites is 1. The van der Waals surface area contributed by atoms with E-state index < -0.39 is 12.0 Å². The molecule has 0 radical (unpaired) electrons. The lowest BCUT2D eigenvalue weighted by atomic mass is 10.1. The molecular weight excluding hydrogens is 318 g/mol. The highest BCUT2D eigenvalue weighted by molar-refractivity contribution is 6.01. The minimum atomic E-state index is -0.748. The lowest BCUT2D eigenvalue weighted by molar-refractivity contribution is -0.114. The van der Waals surface area contributed by atoms with Crippen LogP contribution in [0.3, 0.4) is 0 Å². The smallest absolute Gasteiger partial charge is 0.412 e. The zero-order chi connectivity index (χ0) is 17.6. The van der Waals surface area contributed by atoms with Gasteiger partial charge in [-0.25, -0.2) is 4.79 Å². The van der Waals surface area contributed by atoms with E-state index in [2.05, 4.69) is 10.3 Å². The second-order valence-corrected chi connectivity index (χ2v) is 5.40. The molecule has 0 saturated heterocycles. The Bertz CT molecular complexity index is 929. The molecule has 6 nitrogen and oxygen atoms in total. The number of benzene rings is 2. The molecule has 2 amide bonds. The van der Waals surface area contributed by atoms with Crippen molar-refractivity contribution in [1.29, 1.82) is 0 Å². The number of carbonyl (C=O) groups excluding carboxylic acids is 2. The van der Waals surface area contributed by atoms with Crippen LogP contribution in [-0.2, 0) is 16.1 Å². The van der Waals surface area contributed by atoms with Gasteiger partial charge in [-0.1, -0.05) is 48.5 Å². The third-order valence-electron chi connectivity index (χ3n) is 3.64. The SMILES string of the molecule is NC(=O)/C(=C/c1c[nH]c2ccccc12)NC(=O)OCc1ccccc1. The molecule has 0 bridgehead atoms. The summed E-state index contributed by atoms with van der Waals surface area (Å²) in [7, 11) is 0. The molecule has 126 valence electrons. The summed E-state index contributed by atoms with van der Waals surface area (Å²) >= 11 is 0. The lowest BCUT2D eigenvalue weighted by Crippen LogP contribution is -2.31. The van der Waals surface area contributed by atoms with Crippen LogP contribution in [0, 0.1) is 0 Å². The number of primary amides is 1. The third-order valence-corrected chi connectivity index (χ3v) is 3.64. The molecule has 0 aliphatic heterocycles. The maximum Gasteiger partial charge on any atom is 0.412 e. The van der Waals surface area contributed by atoms with Crippen LogP contribution in [0.15, 0.2) is 66.5 Å². The van der Waals surface area contributed by atoms with Gasteiger partial charge in [-0.15, -0.1) is 0 Å². The Morgan fingerprint density at radius 3 is 2.56 bits per heavy atom. The van der Waals surface area contributed by atoms with Gasteiger partial charge in [-0.05, 0) is 17.7 Å². The first-order valence-electron chi connectivity index (χ1n) is 7.69. The fraction of sp³-hybridized carbons (Fsp3) is 0.0526. The van der Waals surface area contributed by atoms with E-state index in [0.717, 1.165) is 22.0 Å². The highest BCUT2D eigenvalue weighted by Gasteiger charge is 2.12. The standard InChI is InChI=1S/C19H17N3O3/c20-18(23)17(10-14-11-21-16-9-5-4-8-15(14)16)22-19(24)25-12-13-6-2-1-3-7-13/h1-11,21H,12H2,(H2,20,23)(H,22,24)/b17-10-. The van der Waals surface area contributed by atoms with Crippen molar-refractivity contribution in [3.63, 3.8) is 0 Å². The van der Waals surface area contributed by atoms with E-state index in [1.54, 1.807) is 6.20 Å². The Balaban J connectivity index is 1.73. The summed E-state index contributed by atoms with van der Waals surface area (Å²) in [6, 6.07) is 16.9.